The third kappa shape index (κ3) is 3.21. The number of aliphatic hydroxyl groups is 1. The molecule has 0 radical (unpaired) electrons. The Kier molecular flexibility index (Phi) is 4.54. The Balaban J connectivity index is 2.07. The van der Waals surface area contributed by atoms with Gasteiger partial charge >= 0.3 is 0 Å². The van der Waals surface area contributed by atoms with Crippen molar-refractivity contribution in [2.24, 2.45) is 0 Å². The Hall–Kier alpha value is -1.60. The number of hydrogen-bond acceptors (Lipinski definition) is 1. The summed E-state index contributed by atoms with van der Waals surface area (Å²) in [6.45, 7) is 2.18. The highest BCUT2D eigenvalue weighted by atomic mass is 16.3. The van der Waals surface area contributed by atoms with Gasteiger partial charge in [0.15, 0.2) is 0 Å². The van der Waals surface area contributed by atoms with Crippen LogP contribution in [0.1, 0.15) is 42.9 Å². The van der Waals surface area contributed by atoms with Gasteiger partial charge < -0.3 is 5.11 Å². The van der Waals surface area contributed by atoms with Gasteiger partial charge in [-0.25, -0.2) is 0 Å². The molecular weight excluding hydrogens is 220 g/mol. The van der Waals surface area contributed by atoms with Crippen molar-refractivity contribution >= 4 is 0 Å². The maximum atomic E-state index is 10.3. The summed E-state index contributed by atoms with van der Waals surface area (Å²) < 4.78 is 0. The fourth-order valence-corrected chi connectivity index (χ4v) is 2.34. The molecule has 0 bridgehead atoms. The SMILES string of the molecule is CCC(CC(O)c1ccccc1)c1ccccc1. The largest absolute Gasteiger partial charge is 0.388 e. The molecule has 2 atom stereocenters. The molecule has 0 aliphatic heterocycles. The highest BCUT2D eigenvalue weighted by molar-refractivity contribution is 5.22. The van der Waals surface area contributed by atoms with Crippen LogP contribution in [0, 0.1) is 0 Å². The van der Waals surface area contributed by atoms with Crippen molar-refractivity contribution in [3.8, 4) is 0 Å². The first-order valence-electron chi connectivity index (χ1n) is 6.59. The van der Waals surface area contributed by atoms with Crippen molar-refractivity contribution in [3.63, 3.8) is 0 Å². The van der Waals surface area contributed by atoms with Crippen molar-refractivity contribution in [1.29, 1.82) is 0 Å². The zero-order chi connectivity index (χ0) is 12.8. The van der Waals surface area contributed by atoms with E-state index in [0.29, 0.717) is 5.92 Å². The van der Waals surface area contributed by atoms with Crippen LogP contribution in [0.15, 0.2) is 60.7 Å². The fraction of sp³-hybridized carbons (Fsp3) is 0.294. The number of aliphatic hydroxyl groups excluding tert-OH is 1. The maximum absolute atomic E-state index is 10.3. The molecule has 18 heavy (non-hydrogen) atoms. The topological polar surface area (TPSA) is 20.2 Å². The Labute approximate surface area is 109 Å². The van der Waals surface area contributed by atoms with E-state index in [-0.39, 0.29) is 6.10 Å². The molecule has 1 N–H and O–H groups in total. The first-order valence-corrected chi connectivity index (χ1v) is 6.59. The van der Waals surface area contributed by atoms with Crippen LogP contribution in [0.4, 0.5) is 0 Å². The Bertz CT molecular complexity index is 450. The van der Waals surface area contributed by atoms with Gasteiger partial charge in [0.25, 0.3) is 0 Å². The summed E-state index contributed by atoms with van der Waals surface area (Å²) in [7, 11) is 0. The number of benzene rings is 2. The van der Waals surface area contributed by atoms with Crippen LogP contribution < -0.4 is 0 Å². The zero-order valence-corrected chi connectivity index (χ0v) is 10.8. The van der Waals surface area contributed by atoms with Gasteiger partial charge in [-0.3, -0.25) is 0 Å². The van der Waals surface area contributed by atoms with Crippen LogP contribution in [0.5, 0.6) is 0 Å². The minimum Gasteiger partial charge on any atom is -0.388 e. The molecule has 0 saturated carbocycles. The van der Waals surface area contributed by atoms with E-state index in [1.54, 1.807) is 0 Å². The number of hydrogen-bond donors (Lipinski definition) is 1. The highest BCUT2D eigenvalue weighted by Gasteiger charge is 2.15. The molecule has 0 aliphatic carbocycles. The molecule has 0 amide bonds. The lowest BCUT2D eigenvalue weighted by Crippen LogP contribution is -2.05. The summed E-state index contributed by atoms with van der Waals surface area (Å²) in [4.78, 5) is 0. The van der Waals surface area contributed by atoms with Crippen LogP contribution in [0.25, 0.3) is 0 Å². The van der Waals surface area contributed by atoms with Crippen molar-refractivity contribution in [1.82, 2.24) is 0 Å². The summed E-state index contributed by atoms with van der Waals surface area (Å²) in [5.41, 5.74) is 2.32. The van der Waals surface area contributed by atoms with E-state index < -0.39 is 0 Å². The molecule has 0 heterocycles. The van der Waals surface area contributed by atoms with Crippen LogP contribution >= 0.6 is 0 Å². The van der Waals surface area contributed by atoms with E-state index in [9.17, 15) is 5.11 Å². The molecule has 2 aromatic rings. The molecule has 2 aromatic carbocycles. The minimum absolute atomic E-state index is 0.378. The van der Waals surface area contributed by atoms with Crippen molar-refractivity contribution in [3.05, 3.63) is 71.8 Å². The molecule has 2 unspecified atom stereocenters. The molecule has 0 fully saturated rings. The standard InChI is InChI=1S/C17H20O/c1-2-14(15-9-5-3-6-10-15)13-17(18)16-11-7-4-8-12-16/h3-12,14,17-18H,2,13H2,1H3. The van der Waals surface area contributed by atoms with E-state index in [2.05, 4.69) is 31.2 Å². The molecule has 0 aromatic heterocycles. The highest BCUT2D eigenvalue weighted by Crippen LogP contribution is 2.30. The molecule has 0 saturated heterocycles. The Morgan fingerprint density at radius 1 is 0.833 bits per heavy atom. The predicted octanol–water partition coefficient (Wildman–Crippen LogP) is 4.30. The Morgan fingerprint density at radius 3 is 1.83 bits per heavy atom. The molecule has 1 nitrogen and oxygen atoms in total. The first kappa shape index (κ1) is 12.8. The van der Waals surface area contributed by atoms with Gasteiger partial charge in [0, 0.05) is 0 Å². The average molecular weight is 240 g/mol. The summed E-state index contributed by atoms with van der Waals surface area (Å²) in [6, 6.07) is 20.3. The van der Waals surface area contributed by atoms with Gasteiger partial charge in [-0.05, 0) is 29.9 Å². The lowest BCUT2D eigenvalue weighted by atomic mass is 9.89. The second-order valence-corrected chi connectivity index (χ2v) is 4.68. The third-order valence-electron chi connectivity index (χ3n) is 3.46. The zero-order valence-electron chi connectivity index (χ0n) is 10.8. The van der Waals surface area contributed by atoms with Gasteiger partial charge in [0.2, 0.25) is 0 Å². The summed E-state index contributed by atoms with van der Waals surface area (Å²) in [5.74, 6) is 0.418. The lowest BCUT2D eigenvalue weighted by Gasteiger charge is -2.19. The van der Waals surface area contributed by atoms with Crippen LogP contribution in [-0.4, -0.2) is 5.11 Å². The van der Waals surface area contributed by atoms with Gasteiger partial charge in [-0.2, -0.15) is 0 Å². The normalized spacial score (nSPS) is 14.1. The molecule has 94 valence electrons. The van der Waals surface area contributed by atoms with Crippen LogP contribution in [0.2, 0.25) is 0 Å². The quantitative estimate of drug-likeness (QED) is 0.826. The molecule has 2 rings (SSSR count). The van der Waals surface area contributed by atoms with E-state index in [1.807, 2.05) is 36.4 Å². The summed E-state index contributed by atoms with van der Waals surface area (Å²) >= 11 is 0. The maximum Gasteiger partial charge on any atom is 0.0795 e. The number of rotatable bonds is 5. The second-order valence-electron chi connectivity index (χ2n) is 4.68. The van der Waals surface area contributed by atoms with Gasteiger partial charge in [0.05, 0.1) is 6.10 Å². The fourth-order valence-electron chi connectivity index (χ4n) is 2.34. The summed E-state index contributed by atoms with van der Waals surface area (Å²) in [5, 5.41) is 10.3. The van der Waals surface area contributed by atoms with E-state index in [1.165, 1.54) is 5.56 Å². The molecular formula is C17H20O. The third-order valence-corrected chi connectivity index (χ3v) is 3.46. The van der Waals surface area contributed by atoms with Gasteiger partial charge in [0.1, 0.15) is 0 Å². The average Bonchev–Trinajstić information content (AvgIpc) is 2.46. The van der Waals surface area contributed by atoms with Gasteiger partial charge in [-0.1, -0.05) is 67.6 Å². The molecule has 0 aliphatic rings. The van der Waals surface area contributed by atoms with E-state index >= 15 is 0 Å². The van der Waals surface area contributed by atoms with Crippen molar-refractivity contribution < 1.29 is 5.11 Å². The molecule has 0 spiro atoms. The Morgan fingerprint density at radius 2 is 1.33 bits per heavy atom. The van der Waals surface area contributed by atoms with Crippen molar-refractivity contribution in [2.45, 2.75) is 31.8 Å². The first-order chi connectivity index (χ1) is 8.81. The minimum atomic E-state index is -0.378. The van der Waals surface area contributed by atoms with Gasteiger partial charge in [-0.15, -0.1) is 0 Å². The monoisotopic (exact) mass is 240 g/mol. The lowest BCUT2D eigenvalue weighted by molar-refractivity contribution is 0.156. The second kappa shape index (κ2) is 6.36. The van der Waals surface area contributed by atoms with Crippen molar-refractivity contribution in [2.75, 3.05) is 0 Å². The van der Waals surface area contributed by atoms with Crippen LogP contribution in [0.3, 0.4) is 0 Å². The smallest absolute Gasteiger partial charge is 0.0795 e. The van der Waals surface area contributed by atoms with E-state index in [0.717, 1.165) is 18.4 Å². The predicted molar refractivity (Wildman–Crippen MR) is 75.5 cm³/mol. The van der Waals surface area contributed by atoms with Crippen LogP contribution in [-0.2, 0) is 0 Å². The molecule has 1 heteroatoms. The van der Waals surface area contributed by atoms with E-state index in [4.69, 9.17) is 0 Å². The summed E-state index contributed by atoms with van der Waals surface area (Å²) in [6.07, 6.45) is 1.45.